The van der Waals surface area contributed by atoms with Crippen LogP contribution in [0.1, 0.15) is 5.56 Å². The van der Waals surface area contributed by atoms with E-state index in [-0.39, 0.29) is 5.91 Å². The van der Waals surface area contributed by atoms with E-state index in [1.165, 1.54) is 0 Å². The zero-order valence-electron chi connectivity index (χ0n) is 13.1. The zero-order valence-corrected chi connectivity index (χ0v) is 13.1. The molecule has 1 amide bonds. The van der Waals surface area contributed by atoms with Gasteiger partial charge in [-0.05, 0) is 24.7 Å². The first-order chi connectivity index (χ1) is 11.3. The zero-order chi connectivity index (χ0) is 16.3. The van der Waals surface area contributed by atoms with Gasteiger partial charge in [0.05, 0.1) is 6.54 Å². The third-order valence-corrected chi connectivity index (χ3v) is 2.97. The lowest BCUT2D eigenvalue weighted by atomic mass is 10.3. The van der Waals surface area contributed by atoms with Crippen molar-refractivity contribution in [3.63, 3.8) is 0 Å². The van der Waals surface area contributed by atoms with Gasteiger partial charge in [-0.25, -0.2) is 4.98 Å². The molecule has 6 heteroatoms. The Morgan fingerprint density at radius 1 is 1.09 bits per heavy atom. The predicted octanol–water partition coefficient (Wildman–Crippen LogP) is 1.37. The Morgan fingerprint density at radius 2 is 1.87 bits per heavy atom. The van der Waals surface area contributed by atoms with Crippen molar-refractivity contribution in [1.82, 2.24) is 15.6 Å². The maximum Gasteiger partial charge on any atom is 0.234 e. The number of hydrogen-bond donors (Lipinski definition) is 2. The van der Waals surface area contributed by atoms with Gasteiger partial charge in [-0.3, -0.25) is 4.79 Å². The van der Waals surface area contributed by atoms with Crippen LogP contribution in [-0.2, 0) is 11.3 Å². The van der Waals surface area contributed by atoms with Crippen LogP contribution in [0.5, 0.6) is 11.6 Å². The number of likely N-dealkylation sites (N-methyl/N-ethyl adjacent to an activating group) is 1. The molecule has 2 rings (SSSR count). The molecule has 0 unspecified atom stereocenters. The summed E-state index contributed by atoms with van der Waals surface area (Å²) in [4.78, 5) is 15.5. The number of amides is 1. The summed E-state index contributed by atoms with van der Waals surface area (Å²) in [7, 11) is 1.73. The van der Waals surface area contributed by atoms with Crippen molar-refractivity contribution in [3.05, 3.63) is 54.2 Å². The molecule has 0 fully saturated rings. The number of carbonyl (C=O) groups is 1. The third kappa shape index (κ3) is 6.36. The summed E-state index contributed by atoms with van der Waals surface area (Å²) in [6.45, 7) is 1.62. The van der Waals surface area contributed by atoms with Crippen molar-refractivity contribution in [2.75, 3.05) is 26.8 Å². The van der Waals surface area contributed by atoms with Gasteiger partial charge < -0.3 is 20.1 Å². The van der Waals surface area contributed by atoms with Crippen LogP contribution < -0.4 is 20.1 Å². The summed E-state index contributed by atoms with van der Waals surface area (Å²) in [5.74, 6) is 1.30. The Hall–Kier alpha value is -2.60. The molecule has 0 atom stereocenters. The first-order valence-electron chi connectivity index (χ1n) is 7.45. The Kier molecular flexibility index (Phi) is 6.87. The van der Waals surface area contributed by atoms with Crippen molar-refractivity contribution < 1.29 is 14.3 Å². The topological polar surface area (TPSA) is 72.5 Å². The van der Waals surface area contributed by atoms with Crippen LogP contribution >= 0.6 is 0 Å². The van der Waals surface area contributed by atoms with E-state index in [4.69, 9.17) is 9.47 Å². The summed E-state index contributed by atoms with van der Waals surface area (Å²) < 4.78 is 11.0. The molecule has 0 radical (unpaired) electrons. The molecular weight excluding hydrogens is 294 g/mol. The molecule has 0 spiro atoms. The highest BCUT2D eigenvalue weighted by molar-refractivity contribution is 5.77. The van der Waals surface area contributed by atoms with Gasteiger partial charge in [0.2, 0.25) is 11.8 Å². The van der Waals surface area contributed by atoms with Gasteiger partial charge in [0.15, 0.2) is 0 Å². The van der Waals surface area contributed by atoms with Crippen LogP contribution in [0.3, 0.4) is 0 Å². The van der Waals surface area contributed by atoms with Crippen LogP contribution in [0.2, 0.25) is 0 Å². The van der Waals surface area contributed by atoms with Crippen LogP contribution in [0, 0.1) is 0 Å². The number of ether oxygens (including phenoxy) is 2. The molecule has 0 aliphatic heterocycles. The van der Waals surface area contributed by atoms with Gasteiger partial charge in [-0.2, -0.15) is 0 Å². The molecule has 1 heterocycles. The second-order valence-electron chi connectivity index (χ2n) is 4.82. The quantitative estimate of drug-likeness (QED) is 0.684. The number of para-hydroxylation sites is 1. The molecule has 122 valence electrons. The minimum Gasteiger partial charge on any atom is -0.490 e. The van der Waals surface area contributed by atoms with Crippen molar-refractivity contribution in [2.24, 2.45) is 0 Å². The molecule has 0 aliphatic carbocycles. The number of rotatable bonds is 9. The van der Waals surface area contributed by atoms with Gasteiger partial charge in [0.25, 0.3) is 0 Å². The molecule has 6 nitrogen and oxygen atoms in total. The van der Waals surface area contributed by atoms with E-state index in [0.717, 1.165) is 11.3 Å². The Balaban J connectivity index is 1.67. The molecule has 23 heavy (non-hydrogen) atoms. The van der Waals surface area contributed by atoms with Crippen LogP contribution in [0.25, 0.3) is 0 Å². The maximum absolute atomic E-state index is 11.3. The van der Waals surface area contributed by atoms with Crippen LogP contribution in [0.15, 0.2) is 48.7 Å². The molecule has 0 bridgehead atoms. The van der Waals surface area contributed by atoms with Crippen LogP contribution in [0.4, 0.5) is 0 Å². The standard InChI is InChI=1S/C17H21N3O3/c1-18-13-16(21)19-11-14-7-8-17(20-12-14)23-10-9-22-15-5-3-2-4-6-15/h2-8,12,18H,9-11,13H2,1H3,(H,19,21). The lowest BCUT2D eigenvalue weighted by molar-refractivity contribution is -0.120. The minimum atomic E-state index is -0.0501. The van der Waals surface area contributed by atoms with Crippen molar-refractivity contribution in [3.8, 4) is 11.6 Å². The van der Waals surface area contributed by atoms with E-state index in [1.54, 1.807) is 19.3 Å². The third-order valence-electron chi connectivity index (χ3n) is 2.97. The Morgan fingerprint density at radius 3 is 2.57 bits per heavy atom. The van der Waals surface area contributed by atoms with Gasteiger partial charge >= 0.3 is 0 Å². The summed E-state index contributed by atoms with van der Waals surface area (Å²) in [6, 6.07) is 13.2. The largest absolute Gasteiger partial charge is 0.490 e. The summed E-state index contributed by atoms with van der Waals surface area (Å²) in [5.41, 5.74) is 0.919. The maximum atomic E-state index is 11.3. The number of pyridine rings is 1. The Bertz CT molecular complexity index is 588. The average Bonchev–Trinajstić information content (AvgIpc) is 2.59. The monoisotopic (exact) mass is 315 g/mol. The van der Waals surface area contributed by atoms with E-state index in [1.807, 2.05) is 36.4 Å². The summed E-state index contributed by atoms with van der Waals surface area (Å²) in [5, 5.41) is 5.58. The minimum absolute atomic E-state index is 0.0501. The highest BCUT2D eigenvalue weighted by Crippen LogP contribution is 2.09. The molecule has 0 aliphatic rings. The normalized spacial score (nSPS) is 10.1. The number of nitrogens with one attached hydrogen (secondary N) is 2. The smallest absolute Gasteiger partial charge is 0.234 e. The fourth-order valence-electron chi connectivity index (χ4n) is 1.85. The highest BCUT2D eigenvalue weighted by atomic mass is 16.5. The number of hydrogen-bond acceptors (Lipinski definition) is 5. The summed E-state index contributed by atoms with van der Waals surface area (Å²) in [6.07, 6.45) is 1.69. The molecular formula is C17H21N3O3. The van der Waals surface area contributed by atoms with E-state index in [2.05, 4.69) is 15.6 Å². The van der Waals surface area contributed by atoms with Gasteiger partial charge in [0, 0.05) is 18.8 Å². The molecule has 1 aromatic carbocycles. The fraction of sp³-hybridized carbons (Fsp3) is 0.294. The molecule has 0 saturated heterocycles. The number of nitrogens with zero attached hydrogens (tertiary/aromatic N) is 1. The lowest BCUT2D eigenvalue weighted by Gasteiger charge is -2.08. The second-order valence-corrected chi connectivity index (χ2v) is 4.82. The molecule has 2 N–H and O–H groups in total. The van der Waals surface area contributed by atoms with Gasteiger partial charge in [-0.15, -0.1) is 0 Å². The number of aromatic nitrogens is 1. The van der Waals surface area contributed by atoms with Crippen molar-refractivity contribution >= 4 is 5.91 Å². The van der Waals surface area contributed by atoms with Gasteiger partial charge in [0.1, 0.15) is 19.0 Å². The van der Waals surface area contributed by atoms with E-state index in [0.29, 0.717) is 32.2 Å². The first kappa shape index (κ1) is 16.8. The molecule has 0 saturated carbocycles. The average molecular weight is 315 g/mol. The van der Waals surface area contributed by atoms with Gasteiger partial charge in [-0.1, -0.05) is 24.3 Å². The first-order valence-corrected chi connectivity index (χ1v) is 7.45. The van der Waals surface area contributed by atoms with Crippen LogP contribution in [-0.4, -0.2) is 37.7 Å². The van der Waals surface area contributed by atoms with E-state index < -0.39 is 0 Å². The SMILES string of the molecule is CNCC(=O)NCc1ccc(OCCOc2ccccc2)nc1. The van der Waals surface area contributed by atoms with Crippen molar-refractivity contribution in [1.29, 1.82) is 0 Å². The van der Waals surface area contributed by atoms with E-state index >= 15 is 0 Å². The second kappa shape index (κ2) is 9.42. The Labute approximate surface area is 135 Å². The highest BCUT2D eigenvalue weighted by Gasteiger charge is 2.01. The molecule has 1 aromatic heterocycles. The number of carbonyl (C=O) groups excluding carboxylic acids is 1. The lowest BCUT2D eigenvalue weighted by Crippen LogP contribution is -2.31. The molecule has 2 aromatic rings. The van der Waals surface area contributed by atoms with E-state index in [9.17, 15) is 4.79 Å². The summed E-state index contributed by atoms with van der Waals surface area (Å²) >= 11 is 0. The van der Waals surface area contributed by atoms with Crippen molar-refractivity contribution in [2.45, 2.75) is 6.54 Å². The number of benzene rings is 1. The predicted molar refractivity (Wildman–Crippen MR) is 87.4 cm³/mol. The fourth-order valence-corrected chi connectivity index (χ4v) is 1.85.